The van der Waals surface area contributed by atoms with Gasteiger partial charge >= 0.3 is 0 Å². The average Bonchev–Trinajstić information content (AvgIpc) is 3.33. The van der Waals surface area contributed by atoms with Crippen LogP contribution in [0.15, 0.2) is 60.3 Å². The van der Waals surface area contributed by atoms with Crippen LogP contribution in [0.4, 0.5) is 0 Å². The first kappa shape index (κ1) is 14.3. The molecule has 1 aliphatic carbocycles. The van der Waals surface area contributed by atoms with E-state index in [1.165, 1.54) is 12.8 Å². The minimum atomic E-state index is 0.592. The fraction of sp³-hybridized carbons (Fsp3) is 0.235. The smallest absolute Gasteiger partial charge is 0.191 e. The van der Waals surface area contributed by atoms with Crippen LogP contribution in [0.25, 0.3) is 0 Å². The number of rotatable bonds is 6. The second kappa shape index (κ2) is 6.42. The number of ether oxygens (including phenoxy) is 1. The summed E-state index contributed by atoms with van der Waals surface area (Å²) in [4.78, 5) is 4.08. The van der Waals surface area contributed by atoms with Crippen LogP contribution in [-0.4, -0.2) is 19.7 Å². The zero-order chi connectivity index (χ0) is 15.5. The number of nitrogens with zero attached hydrogens (tertiary/aromatic N) is 4. The van der Waals surface area contributed by atoms with Crippen LogP contribution < -0.4 is 4.74 Å². The number of hydrogen-bond donors (Lipinski definition) is 0. The van der Waals surface area contributed by atoms with E-state index >= 15 is 0 Å². The third-order valence-corrected chi connectivity index (χ3v) is 4.68. The number of pyridine rings is 1. The van der Waals surface area contributed by atoms with Gasteiger partial charge in [-0.1, -0.05) is 30.0 Å². The fourth-order valence-corrected chi connectivity index (χ4v) is 3.31. The largest absolute Gasteiger partial charge is 0.455 e. The van der Waals surface area contributed by atoms with Crippen LogP contribution in [0.2, 0.25) is 0 Å². The highest BCUT2D eigenvalue weighted by Crippen LogP contribution is 2.38. The molecule has 0 N–H and O–H groups in total. The normalized spacial score (nSPS) is 13.9. The molecule has 0 saturated heterocycles. The molecule has 2 aromatic heterocycles. The molecule has 6 heteroatoms. The summed E-state index contributed by atoms with van der Waals surface area (Å²) in [5, 5.41) is 9.25. The zero-order valence-electron chi connectivity index (χ0n) is 12.5. The summed E-state index contributed by atoms with van der Waals surface area (Å²) >= 11 is 1.69. The van der Waals surface area contributed by atoms with Crippen LogP contribution in [0, 0.1) is 0 Å². The highest BCUT2D eigenvalue weighted by Gasteiger charge is 2.26. The molecular formula is C17H16N4OS. The summed E-state index contributed by atoms with van der Waals surface area (Å²) in [5.74, 6) is 2.39. The van der Waals surface area contributed by atoms with E-state index in [1.807, 2.05) is 36.7 Å². The number of benzene rings is 1. The van der Waals surface area contributed by atoms with Gasteiger partial charge in [-0.2, -0.15) is 0 Å². The molecule has 3 aromatic rings. The minimum absolute atomic E-state index is 0.592. The molecule has 4 rings (SSSR count). The predicted molar refractivity (Wildman–Crippen MR) is 88.6 cm³/mol. The van der Waals surface area contributed by atoms with Crippen LogP contribution in [0.5, 0.6) is 11.5 Å². The van der Waals surface area contributed by atoms with Crippen molar-refractivity contribution in [2.45, 2.75) is 29.8 Å². The Labute approximate surface area is 138 Å². The Morgan fingerprint density at radius 3 is 2.91 bits per heavy atom. The lowest BCUT2D eigenvalue weighted by Gasteiger charge is -2.10. The highest BCUT2D eigenvalue weighted by molar-refractivity contribution is 7.98. The monoisotopic (exact) mass is 324 g/mol. The Kier molecular flexibility index (Phi) is 3.98. The van der Waals surface area contributed by atoms with Crippen molar-refractivity contribution in [1.29, 1.82) is 0 Å². The van der Waals surface area contributed by atoms with Crippen LogP contribution in [0.3, 0.4) is 0 Å². The molecule has 1 saturated carbocycles. The lowest BCUT2D eigenvalue weighted by atomic mass is 10.2. The molecule has 0 unspecified atom stereocenters. The minimum Gasteiger partial charge on any atom is -0.455 e. The van der Waals surface area contributed by atoms with E-state index in [1.54, 1.807) is 24.2 Å². The number of thioether (sulfide) groups is 1. The quantitative estimate of drug-likeness (QED) is 0.639. The predicted octanol–water partition coefficient (Wildman–Crippen LogP) is 4.09. The van der Waals surface area contributed by atoms with Gasteiger partial charge in [0, 0.05) is 23.6 Å². The number of hydrogen-bond acceptors (Lipinski definition) is 5. The second-order valence-electron chi connectivity index (χ2n) is 5.44. The van der Waals surface area contributed by atoms with Gasteiger partial charge in [0.2, 0.25) is 0 Å². The molecule has 0 radical (unpaired) electrons. The van der Waals surface area contributed by atoms with Gasteiger partial charge in [0.15, 0.2) is 5.16 Å². The van der Waals surface area contributed by atoms with Gasteiger partial charge in [0.25, 0.3) is 0 Å². The lowest BCUT2D eigenvalue weighted by molar-refractivity contribution is 0.476. The first-order chi connectivity index (χ1) is 11.4. The van der Waals surface area contributed by atoms with Crippen molar-refractivity contribution in [3.8, 4) is 11.5 Å². The van der Waals surface area contributed by atoms with Gasteiger partial charge in [0.05, 0.1) is 6.20 Å². The van der Waals surface area contributed by atoms with E-state index in [9.17, 15) is 0 Å². The summed E-state index contributed by atoms with van der Waals surface area (Å²) in [7, 11) is 0. The standard InChI is InChI=1S/C17H16N4OS/c1-2-6-16(22-15-5-3-9-18-10-15)13(4-1)11-23-17-20-19-12-21(17)14-7-8-14/h1-6,9-10,12,14H,7-8,11H2. The zero-order valence-corrected chi connectivity index (χ0v) is 13.3. The first-order valence-corrected chi connectivity index (χ1v) is 8.57. The van der Waals surface area contributed by atoms with Crippen LogP contribution in [-0.2, 0) is 5.75 Å². The van der Waals surface area contributed by atoms with Crippen molar-refractivity contribution < 1.29 is 4.74 Å². The van der Waals surface area contributed by atoms with E-state index in [0.29, 0.717) is 6.04 Å². The molecule has 2 heterocycles. The summed E-state index contributed by atoms with van der Waals surface area (Å²) < 4.78 is 8.13. The fourth-order valence-electron chi connectivity index (χ4n) is 2.34. The maximum Gasteiger partial charge on any atom is 0.191 e. The van der Waals surface area contributed by atoms with Gasteiger partial charge in [0.1, 0.15) is 17.8 Å². The van der Waals surface area contributed by atoms with Gasteiger partial charge in [-0.05, 0) is 31.0 Å². The molecule has 23 heavy (non-hydrogen) atoms. The number of aromatic nitrogens is 4. The molecule has 0 aliphatic heterocycles. The summed E-state index contributed by atoms with van der Waals surface area (Å²) in [6, 6.07) is 12.4. The summed E-state index contributed by atoms with van der Waals surface area (Å²) in [5.41, 5.74) is 1.13. The van der Waals surface area contributed by atoms with Gasteiger partial charge in [-0.3, -0.25) is 4.98 Å². The molecule has 0 spiro atoms. The Balaban J connectivity index is 1.49. The Morgan fingerprint density at radius 2 is 2.09 bits per heavy atom. The molecule has 1 aliphatic rings. The van der Waals surface area contributed by atoms with E-state index in [4.69, 9.17) is 4.74 Å². The molecule has 5 nitrogen and oxygen atoms in total. The topological polar surface area (TPSA) is 52.8 Å². The van der Waals surface area contributed by atoms with Gasteiger partial charge < -0.3 is 9.30 Å². The van der Waals surface area contributed by atoms with E-state index < -0.39 is 0 Å². The van der Waals surface area contributed by atoms with Gasteiger partial charge in [-0.25, -0.2) is 0 Å². The van der Waals surface area contributed by atoms with Crippen molar-refractivity contribution in [3.05, 3.63) is 60.7 Å². The molecule has 1 aromatic carbocycles. The maximum atomic E-state index is 5.95. The Hall–Kier alpha value is -2.34. The van der Waals surface area contributed by atoms with E-state index in [2.05, 4.69) is 25.8 Å². The summed E-state index contributed by atoms with van der Waals surface area (Å²) in [6.07, 6.45) is 7.74. The lowest BCUT2D eigenvalue weighted by Crippen LogP contribution is -1.96. The van der Waals surface area contributed by atoms with Crippen molar-refractivity contribution in [1.82, 2.24) is 19.7 Å². The first-order valence-electron chi connectivity index (χ1n) is 7.58. The molecule has 116 valence electrons. The van der Waals surface area contributed by atoms with Crippen LogP contribution in [0.1, 0.15) is 24.4 Å². The number of para-hydroxylation sites is 1. The van der Waals surface area contributed by atoms with Crippen molar-refractivity contribution >= 4 is 11.8 Å². The average molecular weight is 324 g/mol. The third kappa shape index (κ3) is 3.37. The second-order valence-corrected chi connectivity index (χ2v) is 6.38. The maximum absolute atomic E-state index is 5.95. The SMILES string of the molecule is c1cncc(Oc2ccccc2CSc2nncn2C2CC2)c1. The Bertz CT molecular complexity index is 786. The molecule has 1 fully saturated rings. The summed E-state index contributed by atoms with van der Waals surface area (Å²) in [6.45, 7) is 0. The molecule has 0 atom stereocenters. The van der Waals surface area contributed by atoms with Crippen molar-refractivity contribution in [2.75, 3.05) is 0 Å². The molecule has 0 amide bonds. The van der Waals surface area contributed by atoms with Crippen molar-refractivity contribution in [2.24, 2.45) is 0 Å². The van der Waals surface area contributed by atoms with Gasteiger partial charge in [-0.15, -0.1) is 10.2 Å². The third-order valence-electron chi connectivity index (χ3n) is 3.67. The van der Waals surface area contributed by atoms with Crippen molar-refractivity contribution in [3.63, 3.8) is 0 Å². The Morgan fingerprint density at radius 1 is 1.17 bits per heavy atom. The molecular weight excluding hydrogens is 308 g/mol. The van der Waals surface area contributed by atoms with Crippen LogP contribution >= 0.6 is 11.8 Å². The highest BCUT2D eigenvalue weighted by atomic mass is 32.2. The molecule has 0 bridgehead atoms. The van der Waals surface area contributed by atoms with E-state index in [0.717, 1.165) is 28.0 Å². The van der Waals surface area contributed by atoms with E-state index in [-0.39, 0.29) is 0 Å².